The van der Waals surface area contributed by atoms with E-state index in [-0.39, 0.29) is 17.7 Å². The van der Waals surface area contributed by atoms with Crippen molar-refractivity contribution in [2.75, 3.05) is 37.4 Å². The topological polar surface area (TPSA) is 88.6 Å². The van der Waals surface area contributed by atoms with Crippen LogP contribution in [0.4, 0.5) is 5.69 Å². The Morgan fingerprint density at radius 1 is 1.20 bits per heavy atom. The predicted octanol–water partition coefficient (Wildman–Crippen LogP) is 4.13. The Balaban J connectivity index is 1.66. The van der Waals surface area contributed by atoms with Gasteiger partial charge in [0.2, 0.25) is 10.0 Å². The van der Waals surface area contributed by atoms with Crippen molar-refractivity contribution in [2.24, 2.45) is 5.92 Å². The zero-order valence-corrected chi connectivity index (χ0v) is 21.3. The number of benzene rings is 2. The molecule has 1 saturated carbocycles. The minimum atomic E-state index is -3.51. The van der Waals surface area contributed by atoms with Crippen LogP contribution in [0.2, 0.25) is 5.02 Å². The van der Waals surface area contributed by atoms with Crippen molar-refractivity contribution in [3.05, 3.63) is 69.9 Å². The number of amides is 1. The molecule has 9 heteroatoms. The van der Waals surface area contributed by atoms with Crippen LogP contribution in [-0.4, -0.2) is 52.4 Å². The van der Waals surface area contributed by atoms with Crippen LogP contribution in [0.5, 0.6) is 0 Å². The van der Waals surface area contributed by atoms with Crippen LogP contribution in [0.25, 0.3) is 10.9 Å². The fourth-order valence-electron chi connectivity index (χ4n) is 4.61. The van der Waals surface area contributed by atoms with Gasteiger partial charge in [0.15, 0.2) is 0 Å². The van der Waals surface area contributed by atoms with E-state index in [2.05, 4.69) is 10.3 Å². The van der Waals surface area contributed by atoms with Gasteiger partial charge >= 0.3 is 0 Å². The molecule has 0 radical (unpaired) electrons. The lowest BCUT2D eigenvalue weighted by Gasteiger charge is -2.33. The number of pyridine rings is 1. The maximum absolute atomic E-state index is 13.1. The number of carbonyl (C=O) groups excluding carboxylic acids is 1. The first-order valence-electron chi connectivity index (χ1n) is 11.7. The molecule has 1 aliphatic carbocycles. The molecule has 1 saturated heterocycles. The monoisotopic (exact) mass is 513 g/mol. The Kier molecular flexibility index (Phi) is 6.46. The van der Waals surface area contributed by atoms with Crippen molar-refractivity contribution >= 4 is 44.1 Å². The summed E-state index contributed by atoms with van der Waals surface area (Å²) in [5.41, 5.74) is 4.61. The summed E-state index contributed by atoms with van der Waals surface area (Å²) in [6, 6.07) is 11.4. The molecule has 0 spiro atoms. The summed E-state index contributed by atoms with van der Waals surface area (Å²) in [7, 11) is -1.90. The zero-order chi connectivity index (χ0) is 24.7. The van der Waals surface area contributed by atoms with E-state index in [9.17, 15) is 13.2 Å². The van der Waals surface area contributed by atoms with E-state index < -0.39 is 10.0 Å². The minimum Gasteiger partial charge on any atom is -0.381 e. The first-order chi connectivity index (χ1) is 16.7. The van der Waals surface area contributed by atoms with Gasteiger partial charge in [-0.1, -0.05) is 23.7 Å². The van der Waals surface area contributed by atoms with Crippen molar-refractivity contribution in [3.63, 3.8) is 0 Å². The number of fused-ring (bicyclic) bond motifs is 1. The van der Waals surface area contributed by atoms with Crippen molar-refractivity contribution in [1.29, 1.82) is 0 Å². The first kappa shape index (κ1) is 24.0. The highest BCUT2D eigenvalue weighted by molar-refractivity contribution is 7.92. The highest BCUT2D eigenvalue weighted by atomic mass is 35.5. The van der Waals surface area contributed by atoms with Crippen molar-refractivity contribution in [2.45, 2.75) is 25.2 Å². The first-order valence-corrected chi connectivity index (χ1v) is 13.9. The van der Waals surface area contributed by atoms with Gasteiger partial charge in [0.05, 0.1) is 36.2 Å². The average molecular weight is 514 g/mol. The van der Waals surface area contributed by atoms with Crippen LogP contribution >= 0.6 is 11.6 Å². The van der Waals surface area contributed by atoms with E-state index in [1.165, 1.54) is 10.6 Å². The number of hydrogen-bond acceptors (Lipinski definition) is 5. The van der Waals surface area contributed by atoms with Gasteiger partial charge in [0.1, 0.15) is 0 Å². The number of aromatic nitrogens is 1. The molecule has 5 rings (SSSR count). The molecule has 0 bridgehead atoms. The van der Waals surface area contributed by atoms with Gasteiger partial charge in [-0.3, -0.25) is 14.1 Å². The molecule has 3 aromatic rings. The standard InChI is InChI=1S/C26H28ClN3O4S/c1-28-26(31)25-19(9-16-3-7-20(27)8-4-16)12-29-23-11-24(21(10-22(23)25)18-5-6-18)30(35(2,32)33)13-17-14-34-15-17/h3-4,7-8,10-12,17-18H,5-6,9,13-15H2,1-2H3,(H,28,31). The van der Waals surface area contributed by atoms with E-state index in [4.69, 9.17) is 16.3 Å². The van der Waals surface area contributed by atoms with Crippen LogP contribution in [0.3, 0.4) is 0 Å². The van der Waals surface area contributed by atoms with E-state index in [0.29, 0.717) is 48.0 Å². The van der Waals surface area contributed by atoms with E-state index in [1.54, 1.807) is 13.2 Å². The van der Waals surface area contributed by atoms with Gasteiger partial charge < -0.3 is 10.1 Å². The average Bonchev–Trinajstić information content (AvgIpc) is 3.63. The molecule has 1 amide bonds. The number of rotatable bonds is 8. The molecule has 2 fully saturated rings. The van der Waals surface area contributed by atoms with E-state index >= 15 is 0 Å². The molecule has 35 heavy (non-hydrogen) atoms. The van der Waals surface area contributed by atoms with Crippen LogP contribution in [-0.2, 0) is 21.2 Å². The highest BCUT2D eigenvalue weighted by Gasteiger charge is 2.34. The second kappa shape index (κ2) is 9.41. The number of sulfonamides is 1. The molecule has 2 aliphatic rings. The second-order valence-electron chi connectivity index (χ2n) is 9.44. The lowest BCUT2D eigenvalue weighted by molar-refractivity contribution is -0.0262. The van der Waals surface area contributed by atoms with Crippen LogP contribution in [0.15, 0.2) is 42.6 Å². The number of carbonyl (C=O) groups is 1. The molecular formula is C26H28ClN3O4S. The molecule has 1 aliphatic heterocycles. The van der Waals surface area contributed by atoms with Crippen molar-refractivity contribution < 1.29 is 17.9 Å². The summed E-state index contributed by atoms with van der Waals surface area (Å²) in [4.78, 5) is 17.8. The van der Waals surface area contributed by atoms with Crippen molar-refractivity contribution in [3.8, 4) is 0 Å². The molecule has 184 valence electrons. The summed E-state index contributed by atoms with van der Waals surface area (Å²) >= 11 is 6.04. The summed E-state index contributed by atoms with van der Waals surface area (Å²) in [5.74, 6) is 0.250. The largest absolute Gasteiger partial charge is 0.381 e. The Labute approximate surface area is 210 Å². The number of ether oxygens (including phenoxy) is 1. The minimum absolute atomic E-state index is 0.170. The number of nitrogens with zero attached hydrogens (tertiary/aromatic N) is 2. The Morgan fingerprint density at radius 2 is 1.91 bits per heavy atom. The molecule has 1 N–H and O–H groups in total. The lowest BCUT2D eigenvalue weighted by atomic mass is 9.94. The third-order valence-electron chi connectivity index (χ3n) is 6.67. The lowest BCUT2D eigenvalue weighted by Crippen LogP contribution is -2.42. The van der Waals surface area contributed by atoms with Crippen LogP contribution < -0.4 is 9.62 Å². The molecular weight excluding hydrogens is 486 g/mol. The Morgan fingerprint density at radius 3 is 2.49 bits per heavy atom. The molecule has 0 unspecified atom stereocenters. The number of anilines is 1. The van der Waals surface area contributed by atoms with Crippen LogP contribution in [0, 0.1) is 5.92 Å². The predicted molar refractivity (Wildman–Crippen MR) is 138 cm³/mol. The maximum Gasteiger partial charge on any atom is 0.252 e. The van der Waals surface area contributed by atoms with Gasteiger partial charge in [0.25, 0.3) is 5.91 Å². The van der Waals surface area contributed by atoms with Gasteiger partial charge in [-0.05, 0) is 66.1 Å². The fraction of sp³-hybridized carbons (Fsp3) is 0.385. The number of hydrogen-bond donors (Lipinski definition) is 1. The molecule has 1 aromatic heterocycles. The normalized spacial score (nSPS) is 16.2. The SMILES string of the molecule is CNC(=O)c1c(Cc2ccc(Cl)cc2)cnc2cc(N(CC3COC3)S(C)(=O)=O)c(C3CC3)cc12. The van der Waals surface area contributed by atoms with Crippen LogP contribution in [0.1, 0.15) is 45.8 Å². The van der Waals surface area contributed by atoms with Gasteiger partial charge in [-0.15, -0.1) is 0 Å². The zero-order valence-electron chi connectivity index (χ0n) is 19.8. The summed E-state index contributed by atoms with van der Waals surface area (Å²) in [6.45, 7) is 1.50. The van der Waals surface area contributed by atoms with Gasteiger partial charge in [-0.25, -0.2) is 8.42 Å². The summed E-state index contributed by atoms with van der Waals surface area (Å²) in [5, 5.41) is 4.16. The number of nitrogens with one attached hydrogen (secondary N) is 1. The molecule has 7 nitrogen and oxygen atoms in total. The Hall–Kier alpha value is -2.68. The molecule has 2 aromatic carbocycles. The van der Waals surface area contributed by atoms with E-state index in [1.807, 2.05) is 36.4 Å². The number of halogens is 1. The Bertz CT molecular complexity index is 1380. The van der Waals surface area contributed by atoms with Crippen molar-refractivity contribution in [1.82, 2.24) is 10.3 Å². The summed E-state index contributed by atoms with van der Waals surface area (Å²) < 4.78 is 32.4. The molecule has 0 atom stereocenters. The van der Waals surface area contributed by atoms with Gasteiger partial charge in [0, 0.05) is 36.1 Å². The maximum atomic E-state index is 13.1. The third kappa shape index (κ3) is 5.01. The summed E-state index contributed by atoms with van der Waals surface area (Å²) in [6.07, 6.45) is 5.48. The quantitative estimate of drug-likeness (QED) is 0.489. The second-order valence-corrected chi connectivity index (χ2v) is 11.8. The van der Waals surface area contributed by atoms with E-state index in [0.717, 1.165) is 34.9 Å². The highest BCUT2D eigenvalue weighted by Crippen LogP contribution is 2.47. The fourth-order valence-corrected chi connectivity index (χ4v) is 5.73. The molecule has 2 heterocycles. The smallest absolute Gasteiger partial charge is 0.252 e. The third-order valence-corrected chi connectivity index (χ3v) is 8.07. The van der Waals surface area contributed by atoms with Gasteiger partial charge in [-0.2, -0.15) is 0 Å².